The Morgan fingerprint density at radius 1 is 0.375 bits per heavy atom. The summed E-state index contributed by atoms with van der Waals surface area (Å²) >= 11 is 0. The Hall–Kier alpha value is -6.52. The van der Waals surface area contributed by atoms with Gasteiger partial charge < -0.3 is 4.57 Å². The monoisotopic (exact) mass is 614 g/mol. The zero-order chi connectivity index (χ0) is 31.9. The average Bonchev–Trinajstić information content (AvgIpc) is 3.48. The molecule has 0 atom stereocenters. The fourth-order valence-electron chi connectivity index (χ4n) is 7.76. The molecule has 0 spiro atoms. The molecule has 4 nitrogen and oxygen atoms in total. The smallest absolute Gasteiger partial charge is 0.266 e. The number of fused-ring (bicyclic) bond motifs is 7. The molecular weight excluding hydrogens is 588 g/mol. The fraction of sp³-hybridized carbons (Fsp3) is 0. The maximum atomic E-state index is 14.5. The van der Waals surface area contributed by atoms with Crippen molar-refractivity contribution >= 4 is 59.6 Å². The number of hydrogen-bond donors (Lipinski definition) is 0. The van der Waals surface area contributed by atoms with E-state index in [9.17, 15) is 9.59 Å². The largest absolute Gasteiger partial charge is 0.309 e. The minimum Gasteiger partial charge on any atom is -0.309 e. The first-order valence-electron chi connectivity index (χ1n) is 16.1. The second kappa shape index (κ2) is 9.99. The first kappa shape index (κ1) is 26.7. The number of rotatable bonds is 3. The van der Waals surface area contributed by atoms with Gasteiger partial charge in [0.05, 0.1) is 21.9 Å². The van der Waals surface area contributed by atoms with Gasteiger partial charge in [-0.05, 0) is 81.6 Å². The topological polar surface area (TPSA) is 43.5 Å². The van der Waals surface area contributed by atoms with Crippen molar-refractivity contribution in [3.8, 4) is 27.9 Å². The molecule has 0 unspecified atom stereocenters. The fourth-order valence-corrected chi connectivity index (χ4v) is 7.76. The molecule has 0 radical (unpaired) electrons. The molecule has 0 N–H and O–H groups in total. The summed E-state index contributed by atoms with van der Waals surface area (Å²) in [5.74, 6) is 0. The third kappa shape index (κ3) is 3.65. The summed E-state index contributed by atoms with van der Waals surface area (Å²) < 4.78 is 3.72. The number of pyridine rings is 2. The van der Waals surface area contributed by atoms with Gasteiger partial charge in [-0.3, -0.25) is 9.59 Å². The molecule has 0 fully saturated rings. The summed E-state index contributed by atoms with van der Waals surface area (Å²) in [5.41, 5.74) is 7.33. The summed E-state index contributed by atoms with van der Waals surface area (Å²) in [5, 5.41) is 6.87. The molecule has 0 aliphatic carbocycles. The Balaban J connectivity index is 1.35. The number of nitrogens with zero attached hydrogens (tertiary/aromatic N) is 2. The molecule has 0 aliphatic rings. The molecule has 0 bridgehead atoms. The quantitative estimate of drug-likeness (QED) is 0.147. The van der Waals surface area contributed by atoms with Gasteiger partial charge in [-0.25, -0.2) is 4.40 Å². The Kier molecular flexibility index (Phi) is 5.55. The van der Waals surface area contributed by atoms with Crippen LogP contribution in [0.25, 0.3) is 87.6 Å². The second-order valence-electron chi connectivity index (χ2n) is 12.4. The molecule has 0 aliphatic heterocycles. The summed E-state index contributed by atoms with van der Waals surface area (Å²) in [6.45, 7) is 0. The predicted molar refractivity (Wildman–Crippen MR) is 199 cm³/mol. The first-order valence-corrected chi connectivity index (χ1v) is 16.1. The highest BCUT2D eigenvalue weighted by Crippen LogP contribution is 2.39. The minimum atomic E-state index is -0.291. The lowest BCUT2D eigenvalue weighted by molar-refractivity contribution is 1.09. The highest BCUT2D eigenvalue weighted by molar-refractivity contribution is 6.21. The van der Waals surface area contributed by atoms with Crippen LogP contribution in [0.2, 0.25) is 0 Å². The van der Waals surface area contributed by atoms with Crippen molar-refractivity contribution in [3.05, 3.63) is 178 Å². The van der Waals surface area contributed by atoms with Crippen LogP contribution in [0.3, 0.4) is 0 Å². The summed E-state index contributed by atoms with van der Waals surface area (Å²) in [4.78, 5) is 28.6. The first-order chi connectivity index (χ1) is 23.7. The van der Waals surface area contributed by atoms with E-state index in [-0.39, 0.29) is 11.1 Å². The number of aromatic nitrogens is 2. The minimum absolute atomic E-state index is 0.291. The zero-order valence-electron chi connectivity index (χ0n) is 25.7. The lowest BCUT2D eigenvalue weighted by Crippen LogP contribution is -2.27. The van der Waals surface area contributed by atoms with E-state index >= 15 is 0 Å². The van der Waals surface area contributed by atoms with E-state index in [1.165, 1.54) is 9.79 Å². The predicted octanol–water partition coefficient (Wildman–Crippen LogP) is 9.99. The normalized spacial score (nSPS) is 11.9. The third-order valence-electron chi connectivity index (χ3n) is 9.86. The third-order valence-corrected chi connectivity index (χ3v) is 9.86. The van der Waals surface area contributed by atoms with Crippen LogP contribution in [0.15, 0.2) is 167 Å². The molecule has 224 valence electrons. The molecule has 10 rings (SSSR count). The van der Waals surface area contributed by atoms with E-state index in [0.29, 0.717) is 16.3 Å². The van der Waals surface area contributed by atoms with Gasteiger partial charge in [-0.2, -0.15) is 0 Å². The van der Waals surface area contributed by atoms with Crippen molar-refractivity contribution in [2.45, 2.75) is 0 Å². The van der Waals surface area contributed by atoms with Crippen LogP contribution in [0, 0.1) is 0 Å². The Labute approximate surface area is 274 Å². The van der Waals surface area contributed by atoms with Gasteiger partial charge in [0.1, 0.15) is 0 Å². The van der Waals surface area contributed by atoms with E-state index in [2.05, 4.69) is 83.4 Å². The lowest BCUT2D eigenvalue weighted by Gasteiger charge is -2.16. The van der Waals surface area contributed by atoms with Crippen LogP contribution in [-0.4, -0.2) is 8.97 Å². The van der Waals surface area contributed by atoms with E-state index in [0.717, 1.165) is 65.9 Å². The highest BCUT2D eigenvalue weighted by Gasteiger charge is 2.21. The van der Waals surface area contributed by atoms with Crippen LogP contribution in [0.4, 0.5) is 0 Å². The molecule has 7 aromatic carbocycles. The molecule has 0 saturated carbocycles. The SMILES string of the molecule is O=c1c2ccccc2c2cc(-c3ccc4c(c3)c3ccccc3n4-c3ccccc3)cc3c4cccc(-c5ccccc5)c4c(=O)n1c23. The van der Waals surface area contributed by atoms with Crippen LogP contribution in [-0.2, 0) is 0 Å². The highest BCUT2D eigenvalue weighted by atomic mass is 16.2. The molecule has 3 heterocycles. The van der Waals surface area contributed by atoms with Crippen molar-refractivity contribution in [2.24, 2.45) is 0 Å². The van der Waals surface area contributed by atoms with Crippen molar-refractivity contribution in [1.82, 2.24) is 8.97 Å². The second-order valence-corrected chi connectivity index (χ2v) is 12.4. The van der Waals surface area contributed by atoms with Crippen LogP contribution >= 0.6 is 0 Å². The Morgan fingerprint density at radius 2 is 0.979 bits per heavy atom. The summed E-state index contributed by atoms with van der Waals surface area (Å²) in [7, 11) is 0. The molecule has 0 amide bonds. The maximum absolute atomic E-state index is 14.5. The molecule has 0 saturated heterocycles. The maximum Gasteiger partial charge on any atom is 0.266 e. The van der Waals surface area contributed by atoms with Gasteiger partial charge in [-0.1, -0.05) is 109 Å². The number of hydrogen-bond acceptors (Lipinski definition) is 2. The number of para-hydroxylation sites is 2. The van der Waals surface area contributed by atoms with Crippen molar-refractivity contribution in [3.63, 3.8) is 0 Å². The lowest BCUT2D eigenvalue weighted by atomic mass is 9.92. The van der Waals surface area contributed by atoms with Gasteiger partial charge in [0.2, 0.25) is 0 Å². The number of benzene rings is 7. The van der Waals surface area contributed by atoms with Crippen LogP contribution in [0.5, 0.6) is 0 Å². The van der Waals surface area contributed by atoms with E-state index < -0.39 is 0 Å². The van der Waals surface area contributed by atoms with Gasteiger partial charge >= 0.3 is 0 Å². The van der Waals surface area contributed by atoms with Gasteiger partial charge in [-0.15, -0.1) is 0 Å². The molecular formula is C44H26N2O2. The van der Waals surface area contributed by atoms with Crippen molar-refractivity contribution in [1.29, 1.82) is 0 Å². The van der Waals surface area contributed by atoms with Gasteiger partial charge in [0.15, 0.2) is 0 Å². The molecule has 48 heavy (non-hydrogen) atoms. The standard InChI is InChI=1S/C44H26N2O2/c47-43-35-18-8-7-16-32(35)37-25-29(26-38-34-20-11-19-31(27-12-3-1-4-13-27)41(34)44(48)46(43)42(37)38)28-22-23-40-36(24-28)33-17-9-10-21-39(33)45(40)30-14-5-2-6-15-30/h1-26H. The molecule has 4 heteroatoms. The van der Waals surface area contributed by atoms with E-state index in [1.807, 2.05) is 78.9 Å². The molecule has 3 aromatic heterocycles. The zero-order valence-corrected chi connectivity index (χ0v) is 25.7. The Bertz CT molecular complexity index is 3030. The van der Waals surface area contributed by atoms with E-state index in [1.54, 1.807) is 0 Å². The van der Waals surface area contributed by atoms with Gasteiger partial charge in [0.25, 0.3) is 11.1 Å². The van der Waals surface area contributed by atoms with Crippen LogP contribution < -0.4 is 11.1 Å². The molecule has 10 aromatic rings. The van der Waals surface area contributed by atoms with Gasteiger partial charge in [0, 0.05) is 32.6 Å². The average molecular weight is 615 g/mol. The summed E-state index contributed by atoms with van der Waals surface area (Å²) in [6.07, 6.45) is 0. The van der Waals surface area contributed by atoms with Crippen LogP contribution in [0.1, 0.15) is 0 Å². The summed E-state index contributed by atoms with van der Waals surface area (Å²) in [6, 6.07) is 53.5. The van der Waals surface area contributed by atoms with Crippen molar-refractivity contribution < 1.29 is 0 Å². The van der Waals surface area contributed by atoms with E-state index in [4.69, 9.17) is 0 Å². The Morgan fingerprint density at radius 3 is 1.77 bits per heavy atom. The van der Waals surface area contributed by atoms with Crippen molar-refractivity contribution in [2.75, 3.05) is 0 Å².